The maximum absolute atomic E-state index is 10.8. The number of ether oxygens (including phenoxy) is 1. The standard InChI is InChI=1S/C7H12O2.C2H2O4/c1-9-7(8)6-4-2-3-5-6;3-1(4)2(5)6/h6H,2-5H2,1H3;(H,3,4)(H,5,6). The van der Waals surface area contributed by atoms with Gasteiger partial charge < -0.3 is 14.9 Å². The second-order valence-electron chi connectivity index (χ2n) is 3.11. The highest BCUT2D eigenvalue weighted by atomic mass is 16.5. The zero-order valence-electron chi connectivity index (χ0n) is 8.43. The third kappa shape index (κ3) is 5.66. The number of hydrogen-bond acceptors (Lipinski definition) is 4. The zero-order chi connectivity index (χ0) is 11.8. The first-order valence-electron chi connectivity index (χ1n) is 4.53. The van der Waals surface area contributed by atoms with Gasteiger partial charge in [0.2, 0.25) is 0 Å². The molecule has 15 heavy (non-hydrogen) atoms. The summed E-state index contributed by atoms with van der Waals surface area (Å²) < 4.78 is 4.60. The molecule has 1 fully saturated rings. The molecular weight excluding hydrogens is 204 g/mol. The summed E-state index contributed by atoms with van der Waals surface area (Å²) in [7, 11) is 1.46. The van der Waals surface area contributed by atoms with Gasteiger partial charge in [0.05, 0.1) is 13.0 Å². The van der Waals surface area contributed by atoms with Crippen molar-refractivity contribution in [1.82, 2.24) is 0 Å². The van der Waals surface area contributed by atoms with Crippen molar-refractivity contribution >= 4 is 17.9 Å². The molecule has 0 aromatic rings. The Morgan fingerprint density at radius 1 is 1.07 bits per heavy atom. The van der Waals surface area contributed by atoms with Crippen molar-refractivity contribution in [2.75, 3.05) is 7.11 Å². The Balaban J connectivity index is 0.000000288. The summed E-state index contributed by atoms with van der Waals surface area (Å²) in [6, 6.07) is 0. The fourth-order valence-corrected chi connectivity index (χ4v) is 1.33. The molecule has 0 unspecified atom stereocenters. The van der Waals surface area contributed by atoms with E-state index in [-0.39, 0.29) is 11.9 Å². The predicted octanol–water partition coefficient (Wildman–Crippen LogP) is 0.505. The summed E-state index contributed by atoms with van der Waals surface area (Å²) in [6.07, 6.45) is 4.46. The van der Waals surface area contributed by atoms with Crippen LogP contribution in [0.25, 0.3) is 0 Å². The molecule has 86 valence electrons. The van der Waals surface area contributed by atoms with E-state index in [1.54, 1.807) is 0 Å². The van der Waals surface area contributed by atoms with E-state index in [1.807, 2.05) is 0 Å². The molecule has 1 rings (SSSR count). The quantitative estimate of drug-likeness (QED) is 0.491. The number of esters is 1. The van der Waals surface area contributed by atoms with Crippen molar-refractivity contribution in [2.45, 2.75) is 25.7 Å². The van der Waals surface area contributed by atoms with Gasteiger partial charge in [-0.25, -0.2) is 9.59 Å². The molecule has 0 aliphatic heterocycles. The number of hydrogen-bond donors (Lipinski definition) is 2. The van der Waals surface area contributed by atoms with E-state index < -0.39 is 11.9 Å². The van der Waals surface area contributed by atoms with Gasteiger partial charge >= 0.3 is 17.9 Å². The van der Waals surface area contributed by atoms with Gasteiger partial charge in [0.25, 0.3) is 0 Å². The summed E-state index contributed by atoms with van der Waals surface area (Å²) in [5, 5.41) is 14.8. The first-order valence-corrected chi connectivity index (χ1v) is 4.53. The Kier molecular flexibility index (Phi) is 6.08. The maximum atomic E-state index is 10.8. The molecule has 0 saturated heterocycles. The Morgan fingerprint density at radius 2 is 1.47 bits per heavy atom. The number of carbonyl (C=O) groups excluding carboxylic acids is 1. The third-order valence-electron chi connectivity index (χ3n) is 2.07. The average molecular weight is 218 g/mol. The van der Waals surface area contributed by atoms with Crippen LogP contribution in [-0.2, 0) is 19.1 Å². The monoisotopic (exact) mass is 218 g/mol. The highest BCUT2D eigenvalue weighted by molar-refractivity contribution is 6.27. The van der Waals surface area contributed by atoms with Crippen molar-refractivity contribution in [2.24, 2.45) is 5.92 Å². The summed E-state index contributed by atoms with van der Waals surface area (Å²) >= 11 is 0. The highest BCUT2D eigenvalue weighted by Gasteiger charge is 2.22. The van der Waals surface area contributed by atoms with Gasteiger partial charge in [0.15, 0.2) is 0 Å². The van der Waals surface area contributed by atoms with Gasteiger partial charge in [-0.05, 0) is 12.8 Å². The summed E-state index contributed by atoms with van der Waals surface area (Å²) in [5.41, 5.74) is 0. The van der Waals surface area contributed by atoms with Crippen LogP contribution < -0.4 is 0 Å². The molecule has 0 atom stereocenters. The smallest absolute Gasteiger partial charge is 0.414 e. The molecule has 6 nitrogen and oxygen atoms in total. The van der Waals surface area contributed by atoms with Crippen LogP contribution in [0.5, 0.6) is 0 Å². The second-order valence-corrected chi connectivity index (χ2v) is 3.11. The van der Waals surface area contributed by atoms with Crippen molar-refractivity contribution < 1.29 is 29.3 Å². The van der Waals surface area contributed by atoms with Gasteiger partial charge in [-0.1, -0.05) is 12.8 Å². The lowest BCUT2D eigenvalue weighted by Gasteiger charge is -2.03. The largest absolute Gasteiger partial charge is 0.473 e. The SMILES string of the molecule is COC(=O)C1CCCC1.O=C(O)C(=O)O. The lowest BCUT2D eigenvalue weighted by Crippen LogP contribution is -2.11. The summed E-state index contributed by atoms with van der Waals surface area (Å²) in [5.74, 6) is -3.45. The maximum Gasteiger partial charge on any atom is 0.414 e. The van der Waals surface area contributed by atoms with Gasteiger partial charge in [0, 0.05) is 0 Å². The lowest BCUT2D eigenvalue weighted by atomic mass is 10.1. The molecular formula is C9H14O6. The van der Waals surface area contributed by atoms with E-state index in [1.165, 1.54) is 20.0 Å². The fourth-order valence-electron chi connectivity index (χ4n) is 1.33. The molecule has 0 spiro atoms. The van der Waals surface area contributed by atoms with Crippen LogP contribution in [0.4, 0.5) is 0 Å². The van der Waals surface area contributed by atoms with Gasteiger partial charge in [-0.2, -0.15) is 0 Å². The average Bonchev–Trinajstić information content (AvgIpc) is 2.70. The fraction of sp³-hybridized carbons (Fsp3) is 0.667. The van der Waals surface area contributed by atoms with E-state index >= 15 is 0 Å². The Hall–Kier alpha value is -1.59. The minimum Gasteiger partial charge on any atom is -0.473 e. The molecule has 6 heteroatoms. The predicted molar refractivity (Wildman–Crippen MR) is 49.2 cm³/mol. The van der Waals surface area contributed by atoms with Crippen molar-refractivity contribution in [3.63, 3.8) is 0 Å². The van der Waals surface area contributed by atoms with E-state index in [0.717, 1.165) is 12.8 Å². The van der Waals surface area contributed by atoms with Crippen molar-refractivity contribution in [1.29, 1.82) is 0 Å². The van der Waals surface area contributed by atoms with Crippen LogP contribution in [0.3, 0.4) is 0 Å². The summed E-state index contributed by atoms with van der Waals surface area (Å²) in [4.78, 5) is 29.0. The van der Waals surface area contributed by atoms with E-state index in [9.17, 15) is 4.79 Å². The first kappa shape index (κ1) is 13.4. The van der Waals surface area contributed by atoms with E-state index in [2.05, 4.69) is 4.74 Å². The number of aliphatic carboxylic acids is 2. The van der Waals surface area contributed by atoms with Crippen LogP contribution in [0.1, 0.15) is 25.7 Å². The Bertz CT molecular complexity index is 229. The molecule has 0 bridgehead atoms. The van der Waals surface area contributed by atoms with Gasteiger partial charge in [0.1, 0.15) is 0 Å². The van der Waals surface area contributed by atoms with Crippen LogP contribution in [0.2, 0.25) is 0 Å². The molecule has 0 aromatic carbocycles. The molecule has 1 saturated carbocycles. The number of carboxylic acid groups (broad SMARTS) is 2. The van der Waals surface area contributed by atoms with Gasteiger partial charge in [-0.15, -0.1) is 0 Å². The van der Waals surface area contributed by atoms with Crippen LogP contribution in [0.15, 0.2) is 0 Å². The number of methoxy groups -OCH3 is 1. The molecule has 1 aliphatic rings. The Labute approximate surface area is 86.8 Å². The molecule has 0 radical (unpaired) electrons. The second kappa shape index (κ2) is 6.80. The van der Waals surface area contributed by atoms with Crippen LogP contribution in [-0.4, -0.2) is 35.2 Å². The first-order chi connectivity index (χ1) is 6.99. The molecule has 0 aromatic heterocycles. The van der Waals surface area contributed by atoms with Crippen molar-refractivity contribution in [3.8, 4) is 0 Å². The van der Waals surface area contributed by atoms with E-state index in [4.69, 9.17) is 19.8 Å². The van der Waals surface area contributed by atoms with Crippen molar-refractivity contribution in [3.05, 3.63) is 0 Å². The minimum absolute atomic E-state index is 0.0208. The number of carbonyl (C=O) groups is 3. The normalized spacial score (nSPS) is 15.0. The minimum atomic E-state index is -1.82. The summed E-state index contributed by atoms with van der Waals surface area (Å²) in [6.45, 7) is 0. The topological polar surface area (TPSA) is 101 Å². The number of rotatable bonds is 1. The Morgan fingerprint density at radius 3 is 1.73 bits per heavy atom. The lowest BCUT2D eigenvalue weighted by molar-refractivity contribution is -0.159. The van der Waals surface area contributed by atoms with E-state index in [0.29, 0.717) is 0 Å². The van der Waals surface area contributed by atoms with Crippen LogP contribution in [0, 0.1) is 5.92 Å². The van der Waals surface area contributed by atoms with Crippen LogP contribution >= 0.6 is 0 Å². The molecule has 2 N–H and O–H groups in total. The third-order valence-corrected chi connectivity index (χ3v) is 2.07. The molecule has 1 aliphatic carbocycles. The molecule has 0 amide bonds. The number of carboxylic acids is 2. The molecule has 0 heterocycles. The highest BCUT2D eigenvalue weighted by Crippen LogP contribution is 2.25. The van der Waals surface area contributed by atoms with Gasteiger partial charge in [-0.3, -0.25) is 4.79 Å². The zero-order valence-corrected chi connectivity index (χ0v) is 8.43.